The van der Waals surface area contributed by atoms with E-state index in [-0.39, 0.29) is 5.92 Å². The Hall–Kier alpha value is -0.770. The zero-order valence-electron chi connectivity index (χ0n) is 14.3. The normalized spacial score (nSPS) is 15.7. The zero-order valence-corrected chi connectivity index (χ0v) is 15.0. The summed E-state index contributed by atoms with van der Waals surface area (Å²) in [5.74, 6) is 1.28. The number of hydrogen-bond donors (Lipinski definition) is 2. The molecule has 0 fully saturated rings. The summed E-state index contributed by atoms with van der Waals surface area (Å²) in [5, 5.41) is 20.3. The standard InChI is InChI=1S/C18H29ClO3/c1-6-13(8-17(21)12(5)20)16-10-14(19)9-15(11(3)4)18(16)22-7-2/h9-13,17,20-21H,6-8H2,1-5H3. The molecule has 1 rings (SSSR count). The first kappa shape index (κ1) is 19.3. The fourth-order valence-corrected chi connectivity index (χ4v) is 2.92. The van der Waals surface area contributed by atoms with Crippen LogP contribution in [0.2, 0.25) is 5.02 Å². The minimum Gasteiger partial charge on any atom is -0.493 e. The molecule has 0 saturated carbocycles. The first-order valence-corrected chi connectivity index (χ1v) is 8.51. The zero-order chi connectivity index (χ0) is 16.9. The molecule has 0 spiro atoms. The molecule has 126 valence electrons. The van der Waals surface area contributed by atoms with Crippen LogP contribution in [-0.4, -0.2) is 29.0 Å². The Kier molecular flexibility index (Phi) is 7.67. The smallest absolute Gasteiger partial charge is 0.126 e. The molecule has 2 N–H and O–H groups in total. The van der Waals surface area contributed by atoms with Crippen molar-refractivity contribution in [1.29, 1.82) is 0 Å². The van der Waals surface area contributed by atoms with Gasteiger partial charge < -0.3 is 14.9 Å². The first-order valence-electron chi connectivity index (χ1n) is 8.13. The quantitative estimate of drug-likeness (QED) is 0.739. The van der Waals surface area contributed by atoms with Crippen LogP contribution in [0.1, 0.15) is 70.4 Å². The summed E-state index contributed by atoms with van der Waals surface area (Å²) < 4.78 is 5.91. The molecule has 3 nitrogen and oxygen atoms in total. The Bertz CT molecular complexity index is 472. The van der Waals surface area contributed by atoms with E-state index in [0.717, 1.165) is 23.3 Å². The maximum Gasteiger partial charge on any atom is 0.126 e. The third-order valence-electron chi connectivity index (χ3n) is 4.04. The third kappa shape index (κ3) is 4.87. The van der Waals surface area contributed by atoms with Crippen LogP contribution >= 0.6 is 11.6 Å². The number of rotatable bonds is 8. The molecule has 0 radical (unpaired) electrons. The van der Waals surface area contributed by atoms with Crippen molar-refractivity contribution in [2.75, 3.05) is 6.61 Å². The molecule has 0 aliphatic heterocycles. The molecule has 0 saturated heterocycles. The van der Waals surface area contributed by atoms with Crippen LogP contribution < -0.4 is 4.74 Å². The predicted molar refractivity (Wildman–Crippen MR) is 92.0 cm³/mol. The molecule has 1 aromatic rings. The molecule has 0 heterocycles. The van der Waals surface area contributed by atoms with E-state index in [1.165, 1.54) is 0 Å². The van der Waals surface area contributed by atoms with Crippen LogP contribution in [0.4, 0.5) is 0 Å². The van der Waals surface area contributed by atoms with Gasteiger partial charge in [0, 0.05) is 5.02 Å². The van der Waals surface area contributed by atoms with Crippen molar-refractivity contribution in [3.8, 4) is 5.75 Å². The van der Waals surface area contributed by atoms with Crippen molar-refractivity contribution in [3.63, 3.8) is 0 Å². The number of hydrogen-bond acceptors (Lipinski definition) is 3. The van der Waals surface area contributed by atoms with Crippen LogP contribution in [0.3, 0.4) is 0 Å². The number of aliphatic hydroxyl groups excluding tert-OH is 2. The van der Waals surface area contributed by atoms with E-state index in [1.807, 2.05) is 19.1 Å². The minimum absolute atomic E-state index is 0.0994. The second-order valence-corrected chi connectivity index (χ2v) is 6.59. The highest BCUT2D eigenvalue weighted by molar-refractivity contribution is 6.30. The lowest BCUT2D eigenvalue weighted by Crippen LogP contribution is -2.25. The van der Waals surface area contributed by atoms with Crippen LogP contribution in [0.5, 0.6) is 5.75 Å². The molecule has 0 amide bonds. The van der Waals surface area contributed by atoms with Crippen molar-refractivity contribution in [1.82, 2.24) is 0 Å². The lowest BCUT2D eigenvalue weighted by atomic mass is 9.86. The SMILES string of the molecule is CCOc1c(C(C)C)cc(Cl)cc1C(CC)CC(O)C(C)O. The van der Waals surface area contributed by atoms with E-state index in [1.54, 1.807) is 6.92 Å². The third-order valence-corrected chi connectivity index (χ3v) is 4.26. The molecule has 0 aromatic heterocycles. The summed E-state index contributed by atoms with van der Waals surface area (Å²) in [6, 6.07) is 3.89. The fraction of sp³-hybridized carbons (Fsp3) is 0.667. The van der Waals surface area contributed by atoms with Gasteiger partial charge in [-0.05, 0) is 61.8 Å². The fourth-order valence-electron chi connectivity index (χ4n) is 2.68. The molecule has 3 atom stereocenters. The molecule has 1 aromatic carbocycles. The molecule has 22 heavy (non-hydrogen) atoms. The van der Waals surface area contributed by atoms with Crippen molar-refractivity contribution >= 4 is 11.6 Å². The number of ether oxygens (including phenoxy) is 1. The number of halogens is 1. The summed E-state index contributed by atoms with van der Waals surface area (Å²) in [4.78, 5) is 0. The Morgan fingerprint density at radius 3 is 2.14 bits per heavy atom. The molecule has 0 aliphatic rings. The van der Waals surface area contributed by atoms with Crippen molar-refractivity contribution in [3.05, 3.63) is 28.3 Å². The van der Waals surface area contributed by atoms with Crippen LogP contribution in [0, 0.1) is 0 Å². The molecule has 0 aliphatic carbocycles. The molecule has 3 unspecified atom stereocenters. The van der Waals surface area contributed by atoms with Gasteiger partial charge in [-0.25, -0.2) is 0 Å². The number of aliphatic hydroxyl groups is 2. The van der Waals surface area contributed by atoms with Gasteiger partial charge >= 0.3 is 0 Å². The monoisotopic (exact) mass is 328 g/mol. The average Bonchev–Trinajstić information content (AvgIpc) is 2.45. The van der Waals surface area contributed by atoms with Crippen molar-refractivity contribution in [2.45, 2.75) is 71.5 Å². The van der Waals surface area contributed by atoms with E-state index in [0.29, 0.717) is 24.0 Å². The summed E-state index contributed by atoms with van der Waals surface area (Å²) in [7, 11) is 0. The van der Waals surface area contributed by atoms with Gasteiger partial charge in [0.15, 0.2) is 0 Å². The lowest BCUT2D eigenvalue weighted by Gasteiger charge is -2.26. The summed E-state index contributed by atoms with van der Waals surface area (Å²) in [6.07, 6.45) is -0.150. The second kappa shape index (κ2) is 8.76. The van der Waals surface area contributed by atoms with Gasteiger partial charge in [0.25, 0.3) is 0 Å². The maximum absolute atomic E-state index is 10.0. The lowest BCUT2D eigenvalue weighted by molar-refractivity contribution is 0.0213. The summed E-state index contributed by atoms with van der Waals surface area (Å²) in [5.41, 5.74) is 2.12. The Morgan fingerprint density at radius 2 is 1.68 bits per heavy atom. The van der Waals surface area contributed by atoms with E-state index < -0.39 is 12.2 Å². The van der Waals surface area contributed by atoms with Gasteiger partial charge in [0.2, 0.25) is 0 Å². The van der Waals surface area contributed by atoms with E-state index in [4.69, 9.17) is 16.3 Å². The molecule has 4 heteroatoms. The van der Waals surface area contributed by atoms with Gasteiger partial charge in [-0.2, -0.15) is 0 Å². The number of benzene rings is 1. The topological polar surface area (TPSA) is 49.7 Å². The van der Waals surface area contributed by atoms with E-state index in [9.17, 15) is 10.2 Å². The largest absolute Gasteiger partial charge is 0.493 e. The van der Waals surface area contributed by atoms with Gasteiger partial charge in [0.05, 0.1) is 18.8 Å². The van der Waals surface area contributed by atoms with E-state index in [2.05, 4.69) is 20.8 Å². The van der Waals surface area contributed by atoms with E-state index >= 15 is 0 Å². The predicted octanol–water partition coefficient (Wildman–Crippen LogP) is 4.49. The highest BCUT2D eigenvalue weighted by Crippen LogP contribution is 2.40. The van der Waals surface area contributed by atoms with Crippen LogP contribution in [0.15, 0.2) is 12.1 Å². The van der Waals surface area contributed by atoms with Gasteiger partial charge in [-0.3, -0.25) is 0 Å². The Morgan fingerprint density at radius 1 is 1.09 bits per heavy atom. The van der Waals surface area contributed by atoms with Gasteiger partial charge in [-0.1, -0.05) is 32.4 Å². The average molecular weight is 329 g/mol. The highest BCUT2D eigenvalue weighted by atomic mass is 35.5. The molecule has 0 bridgehead atoms. The first-order chi connectivity index (χ1) is 10.3. The minimum atomic E-state index is -0.749. The van der Waals surface area contributed by atoms with Gasteiger partial charge in [-0.15, -0.1) is 0 Å². The summed E-state index contributed by atoms with van der Waals surface area (Å²) >= 11 is 6.30. The van der Waals surface area contributed by atoms with Gasteiger partial charge in [0.1, 0.15) is 5.75 Å². The van der Waals surface area contributed by atoms with Crippen molar-refractivity contribution < 1.29 is 14.9 Å². The van der Waals surface area contributed by atoms with Crippen molar-refractivity contribution in [2.24, 2.45) is 0 Å². The highest BCUT2D eigenvalue weighted by Gasteiger charge is 2.24. The summed E-state index contributed by atoms with van der Waals surface area (Å²) in [6.45, 7) is 10.5. The molecular weight excluding hydrogens is 300 g/mol. The Labute approximate surface area is 139 Å². The maximum atomic E-state index is 10.0. The van der Waals surface area contributed by atoms with Crippen LogP contribution in [-0.2, 0) is 0 Å². The molecular formula is C18H29ClO3. The Balaban J connectivity index is 3.29. The van der Waals surface area contributed by atoms with Crippen LogP contribution in [0.25, 0.3) is 0 Å². The second-order valence-electron chi connectivity index (χ2n) is 6.15.